The quantitative estimate of drug-likeness (QED) is 0.321. The third-order valence-corrected chi connectivity index (χ3v) is 6.84. The van der Waals surface area contributed by atoms with Crippen molar-refractivity contribution < 1.29 is 14.5 Å². The second kappa shape index (κ2) is 10.7. The van der Waals surface area contributed by atoms with E-state index in [2.05, 4.69) is 5.32 Å². The van der Waals surface area contributed by atoms with Crippen LogP contribution in [-0.4, -0.2) is 34.7 Å². The van der Waals surface area contributed by atoms with Gasteiger partial charge in [-0.25, -0.2) is 0 Å². The van der Waals surface area contributed by atoms with E-state index in [-0.39, 0.29) is 17.2 Å². The summed E-state index contributed by atoms with van der Waals surface area (Å²) in [5.41, 5.74) is 0.727. The Kier molecular flexibility index (Phi) is 7.49. The summed E-state index contributed by atoms with van der Waals surface area (Å²) < 4.78 is 0. The van der Waals surface area contributed by atoms with Gasteiger partial charge in [0, 0.05) is 40.0 Å². The van der Waals surface area contributed by atoms with Crippen LogP contribution in [0.1, 0.15) is 40.0 Å². The van der Waals surface area contributed by atoms with Crippen LogP contribution < -0.4 is 5.32 Å². The van der Waals surface area contributed by atoms with E-state index in [0.29, 0.717) is 34.3 Å². The fourth-order valence-corrected chi connectivity index (χ4v) is 4.81. The molecule has 0 spiro atoms. The van der Waals surface area contributed by atoms with Crippen molar-refractivity contribution in [3.8, 4) is 0 Å². The largest absolute Gasteiger partial charge is 0.339 e. The number of amides is 2. The Morgan fingerprint density at radius 3 is 2.35 bits per heavy atom. The summed E-state index contributed by atoms with van der Waals surface area (Å²) in [5, 5.41) is 14.8. The minimum absolute atomic E-state index is 0.134. The fourth-order valence-electron chi connectivity index (χ4n) is 3.76. The summed E-state index contributed by atoms with van der Waals surface area (Å²) in [7, 11) is 0. The van der Waals surface area contributed by atoms with Gasteiger partial charge in [-0.1, -0.05) is 35.5 Å². The van der Waals surface area contributed by atoms with E-state index in [0.717, 1.165) is 24.2 Å². The molecule has 1 saturated heterocycles. The van der Waals surface area contributed by atoms with Crippen molar-refractivity contribution in [2.24, 2.45) is 0 Å². The molecule has 2 amide bonds. The molecule has 1 aliphatic heterocycles. The number of rotatable bonds is 6. The molecule has 7 nitrogen and oxygen atoms in total. The maximum atomic E-state index is 13.3. The maximum Gasteiger partial charge on any atom is 0.270 e. The Labute approximate surface area is 206 Å². The maximum absolute atomic E-state index is 13.3. The number of hydrogen-bond acceptors (Lipinski definition) is 5. The molecule has 174 valence electrons. The van der Waals surface area contributed by atoms with Gasteiger partial charge in [-0.2, -0.15) is 0 Å². The van der Waals surface area contributed by atoms with Crippen LogP contribution in [0.2, 0.25) is 5.02 Å². The first-order valence-corrected chi connectivity index (χ1v) is 12.0. The zero-order valence-electron chi connectivity index (χ0n) is 18.2. The second-order valence-corrected chi connectivity index (χ2v) is 9.40. The number of nitro benzene ring substituents is 1. The first-order valence-electron chi connectivity index (χ1n) is 10.8. The predicted molar refractivity (Wildman–Crippen MR) is 133 cm³/mol. The van der Waals surface area contributed by atoms with Crippen molar-refractivity contribution in [2.75, 3.05) is 18.4 Å². The number of nitro groups is 1. The number of anilines is 1. The van der Waals surface area contributed by atoms with Gasteiger partial charge in [0.2, 0.25) is 0 Å². The average Bonchev–Trinajstić information content (AvgIpc) is 2.86. The Balaban J connectivity index is 1.63. The zero-order chi connectivity index (χ0) is 24.1. The lowest BCUT2D eigenvalue weighted by Gasteiger charge is -2.27. The third kappa shape index (κ3) is 5.58. The molecule has 1 N–H and O–H groups in total. The number of likely N-dealkylation sites (tertiary alicyclic amines) is 1. The topological polar surface area (TPSA) is 92.6 Å². The standard InChI is InChI=1S/C25H22ClN3O4S/c26-17-8-11-19(12-9-17)34-23-13-10-18(29(32)33)16-21(23)24(30)27-22-7-3-2-6-20(22)25(31)28-14-4-1-5-15-28/h2-3,6-13,16H,1,4-5,14-15H2,(H,27,30). The summed E-state index contributed by atoms with van der Waals surface area (Å²) in [6.45, 7) is 1.38. The van der Waals surface area contributed by atoms with Gasteiger partial charge < -0.3 is 10.2 Å². The molecule has 0 aromatic heterocycles. The number of nitrogens with one attached hydrogen (secondary N) is 1. The lowest BCUT2D eigenvalue weighted by atomic mass is 10.1. The van der Waals surface area contributed by atoms with E-state index < -0.39 is 10.8 Å². The van der Waals surface area contributed by atoms with Gasteiger partial charge in [-0.15, -0.1) is 0 Å². The monoisotopic (exact) mass is 495 g/mol. The minimum atomic E-state index is -0.540. The molecule has 0 atom stereocenters. The molecule has 3 aromatic carbocycles. The van der Waals surface area contributed by atoms with Gasteiger partial charge in [0.05, 0.1) is 21.7 Å². The zero-order valence-corrected chi connectivity index (χ0v) is 19.8. The predicted octanol–water partition coefficient (Wildman–Crippen LogP) is 6.28. The van der Waals surface area contributed by atoms with E-state index in [1.54, 1.807) is 47.4 Å². The Hall–Kier alpha value is -3.36. The number of halogens is 1. The normalized spacial score (nSPS) is 13.4. The highest BCUT2D eigenvalue weighted by Crippen LogP contribution is 2.34. The van der Waals surface area contributed by atoms with E-state index in [9.17, 15) is 19.7 Å². The molecule has 0 radical (unpaired) electrons. The number of hydrogen-bond donors (Lipinski definition) is 1. The van der Waals surface area contributed by atoms with E-state index in [1.807, 2.05) is 12.1 Å². The van der Waals surface area contributed by atoms with E-state index >= 15 is 0 Å². The summed E-state index contributed by atoms with van der Waals surface area (Å²) >= 11 is 7.26. The number of benzene rings is 3. The smallest absolute Gasteiger partial charge is 0.270 e. The molecular weight excluding hydrogens is 474 g/mol. The number of carbonyl (C=O) groups excluding carboxylic acids is 2. The second-order valence-electron chi connectivity index (χ2n) is 7.85. The number of carbonyl (C=O) groups is 2. The highest BCUT2D eigenvalue weighted by Gasteiger charge is 2.23. The third-order valence-electron chi connectivity index (χ3n) is 5.51. The Morgan fingerprint density at radius 1 is 0.941 bits per heavy atom. The first kappa shape index (κ1) is 23.8. The minimum Gasteiger partial charge on any atom is -0.339 e. The van der Waals surface area contributed by atoms with Crippen LogP contribution in [0.15, 0.2) is 76.5 Å². The van der Waals surface area contributed by atoms with Gasteiger partial charge in [0.1, 0.15) is 0 Å². The highest BCUT2D eigenvalue weighted by atomic mass is 35.5. The molecular formula is C25H22ClN3O4S. The lowest BCUT2D eigenvalue weighted by molar-refractivity contribution is -0.384. The first-order chi connectivity index (χ1) is 16.4. The van der Waals surface area contributed by atoms with Crippen LogP contribution in [-0.2, 0) is 0 Å². The summed E-state index contributed by atoms with van der Waals surface area (Å²) in [6, 6.07) is 18.1. The molecule has 0 bridgehead atoms. The van der Waals surface area contributed by atoms with Crippen LogP contribution in [0.4, 0.5) is 11.4 Å². The molecule has 34 heavy (non-hydrogen) atoms. The Morgan fingerprint density at radius 2 is 1.65 bits per heavy atom. The molecule has 1 aliphatic rings. The molecule has 9 heteroatoms. The van der Waals surface area contributed by atoms with Crippen molar-refractivity contribution >= 4 is 46.6 Å². The number of non-ortho nitro benzene ring substituents is 1. The highest BCUT2D eigenvalue weighted by molar-refractivity contribution is 7.99. The van der Waals surface area contributed by atoms with Crippen LogP contribution in [0.25, 0.3) is 0 Å². The van der Waals surface area contributed by atoms with Crippen molar-refractivity contribution in [3.05, 3.63) is 93.0 Å². The number of nitrogens with zero attached hydrogens (tertiary/aromatic N) is 2. The van der Waals surface area contributed by atoms with Gasteiger partial charge >= 0.3 is 0 Å². The molecule has 1 fully saturated rings. The van der Waals surface area contributed by atoms with Gasteiger partial charge in [0.25, 0.3) is 17.5 Å². The van der Waals surface area contributed by atoms with Crippen LogP contribution >= 0.6 is 23.4 Å². The summed E-state index contributed by atoms with van der Waals surface area (Å²) in [6.07, 6.45) is 3.02. The molecule has 0 aliphatic carbocycles. The van der Waals surface area contributed by atoms with Gasteiger partial charge in [0.15, 0.2) is 0 Å². The molecule has 0 unspecified atom stereocenters. The van der Waals surface area contributed by atoms with Crippen molar-refractivity contribution in [2.45, 2.75) is 29.1 Å². The fraction of sp³-hybridized carbons (Fsp3) is 0.200. The van der Waals surface area contributed by atoms with Crippen LogP contribution in [0, 0.1) is 10.1 Å². The Bertz CT molecular complexity index is 1230. The van der Waals surface area contributed by atoms with E-state index in [1.165, 1.54) is 23.9 Å². The average molecular weight is 496 g/mol. The van der Waals surface area contributed by atoms with Gasteiger partial charge in [-0.3, -0.25) is 19.7 Å². The number of piperidine rings is 1. The SMILES string of the molecule is O=C(Nc1ccccc1C(=O)N1CCCCC1)c1cc([N+](=O)[O-])ccc1Sc1ccc(Cl)cc1. The van der Waals surface area contributed by atoms with E-state index in [4.69, 9.17) is 11.6 Å². The van der Waals surface area contributed by atoms with Crippen LogP contribution in [0.3, 0.4) is 0 Å². The molecule has 3 aromatic rings. The summed E-state index contributed by atoms with van der Waals surface area (Å²) in [4.78, 5) is 40.4. The van der Waals surface area contributed by atoms with Crippen molar-refractivity contribution in [1.29, 1.82) is 0 Å². The number of para-hydroxylation sites is 1. The molecule has 4 rings (SSSR count). The van der Waals surface area contributed by atoms with Gasteiger partial charge in [-0.05, 0) is 61.7 Å². The lowest BCUT2D eigenvalue weighted by Crippen LogP contribution is -2.36. The van der Waals surface area contributed by atoms with Crippen LogP contribution in [0.5, 0.6) is 0 Å². The summed E-state index contributed by atoms with van der Waals surface area (Å²) in [5.74, 6) is -0.663. The van der Waals surface area contributed by atoms with Crippen molar-refractivity contribution in [3.63, 3.8) is 0 Å². The molecule has 0 saturated carbocycles. The van der Waals surface area contributed by atoms with Crippen molar-refractivity contribution in [1.82, 2.24) is 4.90 Å². The molecule has 1 heterocycles.